The second kappa shape index (κ2) is 36.2. The summed E-state index contributed by atoms with van der Waals surface area (Å²) in [6.07, 6.45) is -0.272. The lowest BCUT2D eigenvalue weighted by atomic mass is 9.78. The van der Waals surface area contributed by atoms with Gasteiger partial charge in [-0.3, -0.25) is 39.6 Å². The first kappa shape index (κ1) is 77.8. The number of Topliss-reactive ketones (excluding diaryl/α,β-unsaturated/α-hetero) is 2. The number of carboxylic acid groups (broad SMARTS) is 1. The predicted octanol–water partition coefficient (Wildman–Crippen LogP) is 9.23. The number of amidine groups is 2. The van der Waals surface area contributed by atoms with E-state index in [1.807, 2.05) is 52.0 Å². The van der Waals surface area contributed by atoms with Crippen LogP contribution in [-0.4, -0.2) is 115 Å². The van der Waals surface area contributed by atoms with E-state index in [1.165, 1.54) is 24.3 Å². The number of benzene rings is 6. The highest BCUT2D eigenvalue weighted by atomic mass is 79.9. The van der Waals surface area contributed by atoms with Gasteiger partial charge in [0.25, 0.3) is 23.6 Å². The van der Waals surface area contributed by atoms with Crippen LogP contribution in [0.1, 0.15) is 117 Å². The Morgan fingerprint density at radius 3 is 1.46 bits per heavy atom. The van der Waals surface area contributed by atoms with Crippen molar-refractivity contribution in [1.29, 1.82) is 21.3 Å². The highest BCUT2D eigenvalue weighted by Crippen LogP contribution is 2.37. The highest BCUT2D eigenvalue weighted by Gasteiger charge is 2.51. The maximum atomic E-state index is 12.9. The number of ketones is 2. The van der Waals surface area contributed by atoms with Crippen molar-refractivity contribution in [2.24, 2.45) is 11.5 Å². The number of esters is 1. The first-order chi connectivity index (χ1) is 43.8. The minimum atomic E-state index is -1.43. The van der Waals surface area contributed by atoms with E-state index < -0.39 is 60.6 Å². The van der Waals surface area contributed by atoms with Crippen LogP contribution in [0.3, 0.4) is 0 Å². The van der Waals surface area contributed by atoms with Crippen molar-refractivity contribution in [3.63, 3.8) is 0 Å². The van der Waals surface area contributed by atoms with Crippen molar-refractivity contribution in [2.75, 3.05) is 20.2 Å². The van der Waals surface area contributed by atoms with Crippen LogP contribution in [0.15, 0.2) is 126 Å². The van der Waals surface area contributed by atoms with Crippen molar-refractivity contribution >= 4 is 147 Å². The van der Waals surface area contributed by atoms with Crippen LogP contribution in [0.2, 0.25) is 20.1 Å². The van der Waals surface area contributed by atoms with Gasteiger partial charge in [0.05, 0.1) is 97.6 Å². The first-order valence-corrected chi connectivity index (χ1v) is 30.5. The third-order valence-electron chi connectivity index (χ3n) is 14.2. The zero-order chi connectivity index (χ0) is 68.9. The lowest BCUT2D eigenvalue weighted by Crippen LogP contribution is -2.42. The summed E-state index contributed by atoms with van der Waals surface area (Å²) in [6, 6.07) is 34.6. The van der Waals surface area contributed by atoms with E-state index in [-0.39, 0.29) is 131 Å². The molecule has 0 bridgehead atoms. The number of carbonyl (C=O) groups is 8. The van der Waals surface area contributed by atoms with Gasteiger partial charge in [0, 0.05) is 41.3 Å². The number of methoxy groups -OCH3 is 1. The third kappa shape index (κ3) is 23.1. The molecule has 11 N–H and O–H groups in total. The molecule has 4 amide bonds. The standard InChI is InChI=1S/C29H25Cl2N5O5.C23H23BrCl2N4O5.C13H16BNO2.H2S/c30-22-12-20(18-5-2-4-17(10-18)14-32)13-23(31)26(22)28(39)36-24(29(40)41)8-7-21(37)15-35-27(38)19-6-1-3-16(9-19)11-25(33)34;1-35-23(34)18(30-22(33)20-16(25)9-14(24)10-17(20)26)6-5-15(31)11-29-21(32)13-4-2-3-12(7-13)8-19(27)28;1-12(2)13(3,4)17-14(16-12)11-7-5-6-10(8-11)9-15;/h1-6,9-10,12-13,24H,7-8,11,15H2,(H3,33,34)(H,35,38)(H,36,39)(H,40,41);2-4,7,9-10,18H,5-6,8,11H2,1H3,(H3,27,28)(H,29,32)(H,30,33);5-8H,1-4H3;1H2/t24-;18-;;/m00../s1. The molecule has 1 aliphatic heterocycles. The molecule has 6 aromatic rings. The average molecular weight is 1440 g/mol. The molecule has 2 atom stereocenters. The number of carboxylic acids is 1. The predicted molar refractivity (Wildman–Crippen MR) is 367 cm³/mol. The molecule has 94 heavy (non-hydrogen) atoms. The number of nitrogens with one attached hydrogen (secondary N) is 6. The number of hydrogen-bond donors (Lipinski definition) is 9. The van der Waals surface area contributed by atoms with Gasteiger partial charge in [0.15, 0.2) is 11.6 Å². The number of nitriles is 2. The van der Waals surface area contributed by atoms with Gasteiger partial charge in [-0.15, -0.1) is 0 Å². The molecule has 1 aliphatic rings. The summed E-state index contributed by atoms with van der Waals surface area (Å²) in [5.41, 5.74) is 15.0. The number of amides is 4. The van der Waals surface area contributed by atoms with Crippen LogP contribution in [-0.2, 0) is 46.1 Å². The molecule has 492 valence electrons. The normalized spacial score (nSPS) is 12.9. The van der Waals surface area contributed by atoms with Crippen LogP contribution in [0.5, 0.6) is 0 Å². The Labute approximate surface area is 578 Å². The highest BCUT2D eigenvalue weighted by molar-refractivity contribution is 9.10. The van der Waals surface area contributed by atoms with E-state index in [1.54, 1.807) is 78.9 Å². The van der Waals surface area contributed by atoms with E-state index in [0.717, 1.165) is 12.6 Å². The zero-order valence-corrected chi connectivity index (χ0v) is 56.9. The van der Waals surface area contributed by atoms with Gasteiger partial charge in [0.2, 0.25) is 0 Å². The second-order valence-electron chi connectivity index (χ2n) is 21.8. The number of ether oxygens (including phenoxy) is 1. The Morgan fingerprint density at radius 1 is 0.606 bits per heavy atom. The molecule has 0 saturated carbocycles. The zero-order valence-electron chi connectivity index (χ0n) is 51.3. The molecule has 29 heteroatoms. The summed E-state index contributed by atoms with van der Waals surface area (Å²) < 4.78 is 17.1. The van der Waals surface area contributed by atoms with E-state index in [4.69, 9.17) is 93.3 Å². The van der Waals surface area contributed by atoms with E-state index in [9.17, 15) is 43.5 Å². The lowest BCUT2D eigenvalue weighted by Gasteiger charge is -2.32. The second-order valence-corrected chi connectivity index (χ2v) is 24.4. The summed E-state index contributed by atoms with van der Waals surface area (Å²) in [5, 5.41) is 52.3. The average Bonchev–Trinajstić information content (AvgIpc) is 1.46. The Kier molecular flexibility index (Phi) is 29.9. The Bertz CT molecular complexity index is 3900. The number of aliphatic carboxylic acids is 1. The molecule has 0 aliphatic carbocycles. The minimum absolute atomic E-state index is 0. The number of carbonyl (C=O) groups excluding carboxylic acids is 7. The van der Waals surface area contributed by atoms with Gasteiger partial charge >= 0.3 is 19.1 Å². The minimum Gasteiger partial charge on any atom is -0.480 e. The van der Waals surface area contributed by atoms with Crippen molar-refractivity contribution in [1.82, 2.24) is 21.3 Å². The molecule has 1 saturated heterocycles. The number of rotatable bonds is 24. The van der Waals surface area contributed by atoms with Crippen LogP contribution >= 0.6 is 75.8 Å². The lowest BCUT2D eigenvalue weighted by molar-refractivity contribution is -0.143. The van der Waals surface area contributed by atoms with E-state index in [0.29, 0.717) is 43.4 Å². The Morgan fingerprint density at radius 2 is 1.02 bits per heavy atom. The summed E-state index contributed by atoms with van der Waals surface area (Å²) in [6.45, 7) is 7.44. The monoisotopic (exact) mass is 1440 g/mol. The number of hydrogen-bond acceptors (Lipinski definition) is 15. The quantitative estimate of drug-likeness (QED) is 0.0118. The van der Waals surface area contributed by atoms with E-state index >= 15 is 0 Å². The third-order valence-corrected chi connectivity index (χ3v) is 15.9. The maximum absolute atomic E-state index is 12.9. The van der Waals surface area contributed by atoms with Crippen molar-refractivity contribution < 1.29 is 57.5 Å². The molecule has 1 fully saturated rings. The van der Waals surface area contributed by atoms with Gasteiger partial charge in [-0.1, -0.05) is 111 Å². The Hall–Kier alpha value is -8.63. The van der Waals surface area contributed by atoms with Crippen molar-refractivity contribution in [3.05, 3.63) is 190 Å². The fourth-order valence-corrected chi connectivity index (χ4v) is 10.8. The molecule has 0 aromatic heterocycles. The summed E-state index contributed by atoms with van der Waals surface area (Å²) >= 11 is 28.1. The smallest absolute Gasteiger partial charge is 0.480 e. The number of nitrogens with two attached hydrogens (primary N) is 2. The van der Waals surface area contributed by atoms with Gasteiger partial charge in [-0.05, 0) is 141 Å². The van der Waals surface area contributed by atoms with Crippen molar-refractivity contribution in [3.8, 4) is 23.3 Å². The number of nitrogens with zero attached hydrogens (tertiary/aromatic N) is 2. The largest absolute Gasteiger partial charge is 0.494 e. The summed E-state index contributed by atoms with van der Waals surface area (Å²) in [5.74, 6) is -5.53. The Balaban J connectivity index is 0.000000321. The maximum Gasteiger partial charge on any atom is 0.494 e. The molecule has 22 nitrogen and oxygen atoms in total. The van der Waals surface area contributed by atoms with E-state index in [2.05, 4.69) is 43.3 Å². The van der Waals surface area contributed by atoms with Crippen molar-refractivity contribution in [2.45, 2.75) is 89.5 Å². The fourth-order valence-electron chi connectivity index (χ4n) is 8.76. The molecular weight excluding hydrogens is 1380 g/mol. The summed E-state index contributed by atoms with van der Waals surface area (Å²) in [4.78, 5) is 99.0. The molecule has 7 rings (SSSR count). The van der Waals surface area contributed by atoms with Crippen LogP contribution < -0.4 is 38.2 Å². The summed E-state index contributed by atoms with van der Waals surface area (Å²) in [7, 11) is 0.761. The van der Waals surface area contributed by atoms with Gasteiger partial charge in [-0.25, -0.2) is 9.59 Å². The molecule has 0 unspecified atom stereocenters. The molecule has 0 spiro atoms. The molecule has 6 aromatic carbocycles. The topological polar surface area (TPSA) is 380 Å². The van der Waals surface area contributed by atoms with Gasteiger partial charge in [0.1, 0.15) is 12.1 Å². The molecular formula is C65H66BBrCl4N10O12S. The fraction of sp³-hybridized carbons (Fsp3) is 0.262. The van der Waals surface area contributed by atoms with Gasteiger partial charge in [-0.2, -0.15) is 24.0 Å². The van der Waals surface area contributed by atoms with Crippen LogP contribution in [0.25, 0.3) is 11.1 Å². The SMILES string of the molecule is CC1(C)OB(c2cccc(C#N)c2)OC1(C)C.COC(=O)[C@H](CCC(=O)CNC(=O)c1cccc(CC(=N)N)c1)NC(=O)c1c(Cl)cc(Br)cc1Cl.N#Cc1cccc(-c2cc(Cl)c(C(=O)N[C@@H](CCC(=O)CNC(=O)c3cccc(CC(=N)N)c3)C(=O)O)c(Cl)c2)c1.S. The number of halogens is 5. The van der Waals surface area contributed by atoms with Crippen LogP contribution in [0, 0.1) is 33.5 Å². The van der Waals surface area contributed by atoms with Crippen LogP contribution in [0.4, 0.5) is 0 Å². The first-order valence-electron chi connectivity index (χ1n) is 28.2. The van der Waals surface area contributed by atoms with Gasteiger partial charge < -0.3 is 51.9 Å². The molecule has 1 heterocycles. The molecule has 0 radical (unpaired) electrons.